The fourth-order valence-electron chi connectivity index (χ4n) is 3.10. The molecule has 0 heterocycles. The van der Waals surface area contributed by atoms with Crippen LogP contribution in [0.25, 0.3) is 0 Å². The van der Waals surface area contributed by atoms with Crippen molar-refractivity contribution in [2.45, 2.75) is 52.0 Å². The topological polar surface area (TPSA) is 24.5 Å². The lowest BCUT2D eigenvalue weighted by Gasteiger charge is -2.36. The van der Waals surface area contributed by atoms with Gasteiger partial charge in [0, 0.05) is 26.2 Å². The van der Waals surface area contributed by atoms with E-state index >= 15 is 0 Å². The number of hydrogen-bond donors (Lipinski definition) is 1. The third-order valence-corrected chi connectivity index (χ3v) is 4.34. The SMILES string of the molecule is CCCNCC1(CN(C)C(C)COC)CCCC1. The van der Waals surface area contributed by atoms with Gasteiger partial charge in [-0.25, -0.2) is 0 Å². The maximum absolute atomic E-state index is 5.26. The van der Waals surface area contributed by atoms with Crippen molar-refractivity contribution < 1.29 is 4.74 Å². The van der Waals surface area contributed by atoms with Crippen LogP contribution in [-0.2, 0) is 4.74 Å². The molecule has 0 amide bonds. The molecule has 18 heavy (non-hydrogen) atoms. The second-order valence-electron chi connectivity index (χ2n) is 6.10. The fraction of sp³-hybridized carbons (Fsp3) is 1.00. The Morgan fingerprint density at radius 3 is 2.56 bits per heavy atom. The van der Waals surface area contributed by atoms with E-state index in [9.17, 15) is 0 Å². The average molecular weight is 256 g/mol. The molecule has 0 radical (unpaired) electrons. The highest BCUT2D eigenvalue weighted by Crippen LogP contribution is 2.38. The maximum Gasteiger partial charge on any atom is 0.0615 e. The highest BCUT2D eigenvalue weighted by atomic mass is 16.5. The van der Waals surface area contributed by atoms with E-state index in [1.54, 1.807) is 7.11 Å². The molecular formula is C15H32N2O. The lowest BCUT2D eigenvalue weighted by Crippen LogP contribution is -2.45. The van der Waals surface area contributed by atoms with Crippen molar-refractivity contribution >= 4 is 0 Å². The highest BCUT2D eigenvalue weighted by Gasteiger charge is 2.35. The standard InChI is InChI=1S/C15H32N2O/c1-5-10-16-12-15(8-6-7-9-15)13-17(3)14(2)11-18-4/h14,16H,5-13H2,1-4H3. The van der Waals surface area contributed by atoms with Gasteiger partial charge in [-0.1, -0.05) is 19.8 Å². The van der Waals surface area contributed by atoms with E-state index in [-0.39, 0.29) is 0 Å². The Morgan fingerprint density at radius 1 is 1.33 bits per heavy atom. The van der Waals surface area contributed by atoms with Crippen LogP contribution in [0.5, 0.6) is 0 Å². The molecule has 0 bridgehead atoms. The third-order valence-electron chi connectivity index (χ3n) is 4.34. The molecule has 3 heteroatoms. The second-order valence-corrected chi connectivity index (χ2v) is 6.10. The van der Waals surface area contributed by atoms with Crippen molar-refractivity contribution in [3.8, 4) is 0 Å². The number of nitrogens with one attached hydrogen (secondary N) is 1. The number of ether oxygens (including phenoxy) is 1. The summed E-state index contributed by atoms with van der Waals surface area (Å²) in [6.45, 7) is 8.86. The summed E-state index contributed by atoms with van der Waals surface area (Å²) in [7, 11) is 4.03. The molecule has 0 spiro atoms. The molecular weight excluding hydrogens is 224 g/mol. The predicted molar refractivity (Wildman–Crippen MR) is 78.0 cm³/mol. The van der Waals surface area contributed by atoms with E-state index in [0.29, 0.717) is 11.5 Å². The summed E-state index contributed by atoms with van der Waals surface area (Å²) in [6.07, 6.45) is 6.80. The number of rotatable bonds is 9. The monoisotopic (exact) mass is 256 g/mol. The van der Waals surface area contributed by atoms with Crippen LogP contribution in [-0.4, -0.2) is 51.3 Å². The largest absolute Gasteiger partial charge is 0.383 e. The smallest absolute Gasteiger partial charge is 0.0615 e. The molecule has 1 aliphatic carbocycles. The van der Waals surface area contributed by atoms with Gasteiger partial charge in [-0.05, 0) is 45.2 Å². The molecule has 3 nitrogen and oxygen atoms in total. The van der Waals surface area contributed by atoms with Gasteiger partial charge in [0.2, 0.25) is 0 Å². The van der Waals surface area contributed by atoms with Crippen LogP contribution in [0.4, 0.5) is 0 Å². The van der Waals surface area contributed by atoms with Gasteiger partial charge in [-0.2, -0.15) is 0 Å². The van der Waals surface area contributed by atoms with Crippen molar-refractivity contribution in [3.05, 3.63) is 0 Å². The van der Waals surface area contributed by atoms with E-state index in [1.165, 1.54) is 45.2 Å². The molecule has 0 aromatic carbocycles. The Bertz CT molecular complexity index is 215. The van der Waals surface area contributed by atoms with Gasteiger partial charge in [0.05, 0.1) is 6.61 Å². The van der Waals surface area contributed by atoms with Crippen LogP contribution in [0.3, 0.4) is 0 Å². The Kier molecular flexibility index (Phi) is 7.20. The van der Waals surface area contributed by atoms with Gasteiger partial charge in [0.15, 0.2) is 0 Å². The zero-order valence-corrected chi connectivity index (χ0v) is 12.8. The van der Waals surface area contributed by atoms with Crippen molar-refractivity contribution in [1.29, 1.82) is 0 Å². The Balaban J connectivity index is 2.45. The van der Waals surface area contributed by atoms with Gasteiger partial charge in [-0.3, -0.25) is 0 Å². The van der Waals surface area contributed by atoms with Gasteiger partial charge >= 0.3 is 0 Å². The molecule has 1 atom stereocenters. The van der Waals surface area contributed by atoms with Crippen molar-refractivity contribution in [3.63, 3.8) is 0 Å². The van der Waals surface area contributed by atoms with Crippen molar-refractivity contribution in [1.82, 2.24) is 10.2 Å². The quantitative estimate of drug-likeness (QED) is 0.642. The summed E-state index contributed by atoms with van der Waals surface area (Å²) in [6, 6.07) is 0.513. The van der Waals surface area contributed by atoms with E-state index in [0.717, 1.165) is 13.2 Å². The van der Waals surface area contributed by atoms with Gasteiger partial charge in [-0.15, -0.1) is 0 Å². The summed E-state index contributed by atoms with van der Waals surface area (Å²) in [5.74, 6) is 0. The van der Waals surface area contributed by atoms with Crippen molar-refractivity contribution in [2.75, 3.05) is 40.4 Å². The fourth-order valence-corrected chi connectivity index (χ4v) is 3.10. The van der Waals surface area contributed by atoms with Crippen LogP contribution >= 0.6 is 0 Å². The Hall–Kier alpha value is -0.120. The minimum atomic E-state index is 0.506. The van der Waals surface area contributed by atoms with E-state index in [2.05, 4.69) is 31.1 Å². The second kappa shape index (κ2) is 8.13. The minimum absolute atomic E-state index is 0.506. The summed E-state index contributed by atoms with van der Waals surface area (Å²) in [4.78, 5) is 2.47. The first-order valence-electron chi connectivity index (χ1n) is 7.53. The molecule has 0 saturated heterocycles. The molecule has 108 valence electrons. The first-order chi connectivity index (χ1) is 8.63. The third kappa shape index (κ3) is 4.87. The molecule has 1 unspecified atom stereocenters. The molecule has 0 aromatic rings. The average Bonchev–Trinajstić information content (AvgIpc) is 2.78. The Labute approximate surface area is 113 Å². The molecule has 1 fully saturated rings. The van der Waals surface area contributed by atoms with Gasteiger partial charge in [0.1, 0.15) is 0 Å². The lowest BCUT2D eigenvalue weighted by molar-refractivity contribution is 0.0812. The first kappa shape index (κ1) is 15.9. The summed E-state index contributed by atoms with van der Waals surface area (Å²) in [5.41, 5.74) is 0.506. The van der Waals surface area contributed by atoms with Crippen molar-refractivity contribution in [2.24, 2.45) is 5.41 Å². The van der Waals surface area contributed by atoms with E-state index in [4.69, 9.17) is 4.74 Å². The maximum atomic E-state index is 5.26. The predicted octanol–water partition coefficient (Wildman–Crippen LogP) is 2.51. The molecule has 0 aliphatic heterocycles. The minimum Gasteiger partial charge on any atom is -0.383 e. The Morgan fingerprint density at radius 2 is 2.00 bits per heavy atom. The van der Waals surface area contributed by atoms with Gasteiger partial charge in [0.25, 0.3) is 0 Å². The summed E-state index contributed by atoms with van der Waals surface area (Å²) in [5, 5.41) is 3.64. The highest BCUT2D eigenvalue weighted by molar-refractivity contribution is 4.89. The van der Waals surface area contributed by atoms with Crippen LogP contribution in [0.2, 0.25) is 0 Å². The van der Waals surface area contributed by atoms with Crippen LogP contribution in [0.1, 0.15) is 46.0 Å². The summed E-state index contributed by atoms with van der Waals surface area (Å²) < 4.78 is 5.26. The molecule has 1 aliphatic rings. The number of nitrogens with zero attached hydrogens (tertiary/aromatic N) is 1. The number of hydrogen-bond acceptors (Lipinski definition) is 3. The lowest BCUT2D eigenvalue weighted by atomic mass is 9.85. The molecule has 1 rings (SSSR count). The molecule has 1 N–H and O–H groups in total. The summed E-state index contributed by atoms with van der Waals surface area (Å²) >= 11 is 0. The zero-order chi connectivity index (χ0) is 13.4. The molecule has 1 saturated carbocycles. The van der Waals surface area contributed by atoms with E-state index in [1.807, 2.05) is 0 Å². The van der Waals surface area contributed by atoms with Crippen LogP contribution in [0.15, 0.2) is 0 Å². The number of methoxy groups -OCH3 is 1. The molecule has 0 aromatic heterocycles. The zero-order valence-electron chi connectivity index (χ0n) is 12.8. The van der Waals surface area contributed by atoms with E-state index < -0.39 is 0 Å². The van der Waals surface area contributed by atoms with Gasteiger partial charge < -0.3 is 15.0 Å². The first-order valence-corrected chi connectivity index (χ1v) is 7.53. The van der Waals surface area contributed by atoms with Crippen LogP contribution in [0, 0.1) is 5.41 Å². The normalized spacial score (nSPS) is 20.5. The van der Waals surface area contributed by atoms with Crippen LogP contribution < -0.4 is 5.32 Å². The number of likely N-dealkylation sites (N-methyl/N-ethyl adjacent to an activating group) is 1.